The van der Waals surface area contributed by atoms with Crippen molar-refractivity contribution < 1.29 is 4.74 Å². The molecule has 1 heterocycles. The number of benzene rings is 6. The Morgan fingerprint density at radius 3 is 2.09 bits per heavy atom. The Hall–Kier alpha value is -3.95. The van der Waals surface area contributed by atoms with E-state index in [1.165, 1.54) is 53.5 Å². The van der Waals surface area contributed by atoms with Gasteiger partial charge in [0.1, 0.15) is 5.75 Å². The van der Waals surface area contributed by atoms with Crippen LogP contribution in [0.5, 0.6) is 5.75 Å². The van der Waals surface area contributed by atoms with Crippen molar-refractivity contribution in [1.82, 2.24) is 0 Å². The van der Waals surface area contributed by atoms with Gasteiger partial charge >= 0.3 is 0 Å². The summed E-state index contributed by atoms with van der Waals surface area (Å²) in [6.07, 6.45) is 0. The molecule has 0 N–H and O–H groups in total. The summed E-state index contributed by atoms with van der Waals surface area (Å²) < 4.78 is 5.44. The second-order valence-electron chi connectivity index (χ2n) is 8.57. The normalized spacial score (nSPS) is 12.7. The van der Waals surface area contributed by atoms with E-state index >= 15 is 0 Å². The summed E-state index contributed by atoms with van der Waals surface area (Å²) in [5.41, 5.74) is 3.63. The fourth-order valence-electron chi connectivity index (χ4n) is 5.12. The van der Waals surface area contributed by atoms with Gasteiger partial charge in [-0.25, -0.2) is 0 Å². The molecule has 0 unspecified atom stereocenters. The fraction of sp³-hybridized carbons (Fsp3) is 0.0323. The van der Waals surface area contributed by atoms with Crippen LogP contribution in [0.4, 0.5) is 17.1 Å². The first kappa shape index (κ1) is 19.5. The summed E-state index contributed by atoms with van der Waals surface area (Å²) in [7, 11) is 1.71. The molecule has 34 heavy (non-hydrogen) atoms. The summed E-state index contributed by atoms with van der Waals surface area (Å²) in [6.45, 7) is 0. The molecule has 0 aromatic heterocycles. The van der Waals surface area contributed by atoms with Gasteiger partial charge in [-0.3, -0.25) is 0 Å². The largest absolute Gasteiger partial charge is 0.497 e. The van der Waals surface area contributed by atoms with Crippen LogP contribution in [-0.4, -0.2) is 7.11 Å². The third kappa shape index (κ3) is 2.84. The van der Waals surface area contributed by atoms with Gasteiger partial charge in [0.2, 0.25) is 0 Å². The number of fused-ring (bicyclic) bond motifs is 8. The Labute approximate surface area is 202 Å². The second kappa shape index (κ2) is 7.54. The van der Waals surface area contributed by atoms with Gasteiger partial charge in [-0.15, -0.1) is 0 Å². The van der Waals surface area contributed by atoms with Crippen molar-refractivity contribution in [2.45, 2.75) is 9.79 Å². The first-order valence-corrected chi connectivity index (χ1v) is 12.2. The molecule has 3 heteroatoms. The summed E-state index contributed by atoms with van der Waals surface area (Å²) in [4.78, 5) is 5.02. The highest BCUT2D eigenvalue weighted by Gasteiger charge is 2.28. The SMILES string of the molecule is COc1ccc2cc(N3c4ccccc4Sc4c3c3ccccc3c3ccccc43)ccc2c1. The van der Waals surface area contributed by atoms with E-state index in [9.17, 15) is 0 Å². The Bertz CT molecular complexity index is 1740. The van der Waals surface area contributed by atoms with E-state index in [4.69, 9.17) is 4.74 Å². The number of hydrogen-bond acceptors (Lipinski definition) is 3. The molecule has 7 rings (SSSR count). The van der Waals surface area contributed by atoms with Crippen molar-refractivity contribution in [3.05, 3.63) is 109 Å². The second-order valence-corrected chi connectivity index (χ2v) is 9.62. The fourth-order valence-corrected chi connectivity index (χ4v) is 6.34. The summed E-state index contributed by atoms with van der Waals surface area (Å²) >= 11 is 1.88. The van der Waals surface area contributed by atoms with E-state index in [2.05, 4.69) is 108 Å². The molecule has 162 valence electrons. The molecule has 1 aliphatic rings. The molecule has 0 spiro atoms. The van der Waals surface area contributed by atoms with Crippen LogP contribution in [0.3, 0.4) is 0 Å². The van der Waals surface area contributed by atoms with Gasteiger partial charge in [0.25, 0.3) is 0 Å². The van der Waals surface area contributed by atoms with Crippen LogP contribution < -0.4 is 9.64 Å². The minimum absolute atomic E-state index is 0.878. The topological polar surface area (TPSA) is 12.5 Å². The zero-order chi connectivity index (χ0) is 22.6. The van der Waals surface area contributed by atoms with Crippen LogP contribution in [0, 0.1) is 0 Å². The molecule has 0 aliphatic carbocycles. The van der Waals surface area contributed by atoms with Crippen LogP contribution in [0.25, 0.3) is 32.3 Å². The lowest BCUT2D eigenvalue weighted by molar-refractivity contribution is 0.415. The predicted molar refractivity (Wildman–Crippen MR) is 144 cm³/mol. The van der Waals surface area contributed by atoms with Gasteiger partial charge in [-0.05, 0) is 63.3 Å². The number of hydrogen-bond donors (Lipinski definition) is 0. The minimum atomic E-state index is 0.878. The van der Waals surface area contributed by atoms with Gasteiger partial charge in [0.05, 0.1) is 18.5 Å². The Morgan fingerprint density at radius 1 is 0.618 bits per heavy atom. The Kier molecular flexibility index (Phi) is 4.33. The molecule has 0 bridgehead atoms. The highest BCUT2D eigenvalue weighted by molar-refractivity contribution is 8.00. The number of ether oxygens (including phenoxy) is 1. The zero-order valence-electron chi connectivity index (χ0n) is 18.7. The lowest BCUT2D eigenvalue weighted by Crippen LogP contribution is -2.15. The molecule has 1 aliphatic heterocycles. The van der Waals surface area contributed by atoms with Crippen molar-refractivity contribution >= 4 is 61.1 Å². The van der Waals surface area contributed by atoms with Crippen molar-refractivity contribution in [2.24, 2.45) is 0 Å². The average molecular weight is 456 g/mol. The van der Waals surface area contributed by atoms with Crippen LogP contribution in [0.15, 0.2) is 119 Å². The third-order valence-corrected chi connectivity index (χ3v) is 7.87. The summed E-state index contributed by atoms with van der Waals surface area (Å²) in [6, 6.07) is 39.3. The van der Waals surface area contributed by atoms with Gasteiger partial charge < -0.3 is 9.64 Å². The first-order valence-electron chi connectivity index (χ1n) is 11.4. The monoisotopic (exact) mass is 455 g/mol. The van der Waals surface area contributed by atoms with Gasteiger partial charge in [-0.1, -0.05) is 84.6 Å². The minimum Gasteiger partial charge on any atom is -0.497 e. The molecule has 0 amide bonds. The molecule has 0 radical (unpaired) electrons. The standard InChI is InChI=1S/C31H21NOS/c1-33-23-17-15-20-18-22(16-14-21(20)19-23)32-28-12-6-7-13-29(28)34-31-27-11-5-3-9-25(27)24-8-2-4-10-26(24)30(31)32/h2-19H,1H3. The lowest BCUT2D eigenvalue weighted by atomic mass is 9.98. The maximum atomic E-state index is 5.44. The van der Waals surface area contributed by atoms with Crippen molar-refractivity contribution in [3.8, 4) is 5.75 Å². The smallest absolute Gasteiger partial charge is 0.119 e. The number of rotatable bonds is 2. The van der Waals surface area contributed by atoms with Gasteiger partial charge in [0.15, 0.2) is 0 Å². The highest BCUT2D eigenvalue weighted by Crippen LogP contribution is 2.56. The number of anilines is 3. The molecule has 0 saturated heterocycles. The average Bonchev–Trinajstić information content (AvgIpc) is 2.91. The van der Waals surface area contributed by atoms with E-state index in [-0.39, 0.29) is 0 Å². The molecular weight excluding hydrogens is 434 g/mol. The molecule has 2 nitrogen and oxygen atoms in total. The van der Waals surface area contributed by atoms with Crippen LogP contribution >= 0.6 is 11.8 Å². The number of nitrogens with zero attached hydrogens (tertiary/aromatic N) is 1. The molecule has 0 saturated carbocycles. The van der Waals surface area contributed by atoms with Crippen LogP contribution in [0.2, 0.25) is 0 Å². The van der Waals surface area contributed by atoms with Crippen molar-refractivity contribution in [2.75, 3.05) is 12.0 Å². The predicted octanol–water partition coefficient (Wildman–Crippen LogP) is 9.09. The third-order valence-electron chi connectivity index (χ3n) is 6.69. The molecular formula is C31H21NOS. The highest BCUT2D eigenvalue weighted by atomic mass is 32.2. The molecule has 6 aromatic rings. The van der Waals surface area contributed by atoms with Gasteiger partial charge in [0, 0.05) is 20.9 Å². The van der Waals surface area contributed by atoms with E-state index in [0.717, 1.165) is 11.4 Å². The summed E-state index contributed by atoms with van der Waals surface area (Å²) in [5.74, 6) is 0.878. The Balaban J connectivity index is 1.58. The quantitative estimate of drug-likeness (QED) is 0.241. The van der Waals surface area contributed by atoms with E-state index in [0.29, 0.717) is 0 Å². The van der Waals surface area contributed by atoms with Crippen molar-refractivity contribution in [3.63, 3.8) is 0 Å². The first-order chi connectivity index (χ1) is 16.8. The van der Waals surface area contributed by atoms with E-state index < -0.39 is 0 Å². The summed E-state index contributed by atoms with van der Waals surface area (Å²) in [5, 5.41) is 7.52. The number of para-hydroxylation sites is 1. The molecule has 6 aromatic carbocycles. The molecule has 0 fully saturated rings. The Morgan fingerprint density at radius 2 is 1.26 bits per heavy atom. The number of methoxy groups -OCH3 is 1. The van der Waals surface area contributed by atoms with E-state index in [1.54, 1.807) is 7.11 Å². The van der Waals surface area contributed by atoms with Crippen LogP contribution in [0.1, 0.15) is 0 Å². The lowest BCUT2D eigenvalue weighted by Gasteiger charge is -2.35. The molecule has 0 atom stereocenters. The van der Waals surface area contributed by atoms with Crippen molar-refractivity contribution in [1.29, 1.82) is 0 Å². The van der Waals surface area contributed by atoms with Crippen LogP contribution in [-0.2, 0) is 0 Å². The van der Waals surface area contributed by atoms with E-state index in [1.807, 2.05) is 17.8 Å². The maximum absolute atomic E-state index is 5.44. The maximum Gasteiger partial charge on any atom is 0.119 e. The zero-order valence-corrected chi connectivity index (χ0v) is 19.5. The van der Waals surface area contributed by atoms with Gasteiger partial charge in [-0.2, -0.15) is 0 Å².